The van der Waals surface area contributed by atoms with Crippen molar-refractivity contribution in [3.63, 3.8) is 0 Å². The molecule has 110 valence electrons. The summed E-state index contributed by atoms with van der Waals surface area (Å²) in [6.07, 6.45) is 1.83. The molecule has 7 heteroatoms. The number of hydrogen-bond acceptors (Lipinski definition) is 5. The van der Waals surface area contributed by atoms with Crippen LogP contribution in [0.2, 0.25) is 0 Å². The first kappa shape index (κ1) is 16.4. The smallest absolute Gasteiger partial charge is 0.204 e. The summed E-state index contributed by atoms with van der Waals surface area (Å²) in [7, 11) is 5.67. The van der Waals surface area contributed by atoms with Crippen molar-refractivity contribution in [1.29, 1.82) is 5.26 Å². The zero-order valence-corrected chi connectivity index (χ0v) is 13.0. The third-order valence-corrected chi connectivity index (χ3v) is 3.35. The van der Waals surface area contributed by atoms with Gasteiger partial charge >= 0.3 is 0 Å². The van der Waals surface area contributed by atoms with Gasteiger partial charge in [0.2, 0.25) is 5.96 Å². The Morgan fingerprint density at radius 2 is 2.20 bits per heavy atom. The van der Waals surface area contributed by atoms with Crippen molar-refractivity contribution in [2.45, 2.75) is 12.3 Å². The summed E-state index contributed by atoms with van der Waals surface area (Å²) >= 11 is 1.77. The molecule has 1 aromatic heterocycles. The Hall–Kier alpha value is -1.65. The van der Waals surface area contributed by atoms with Crippen LogP contribution in [0.4, 0.5) is 0 Å². The minimum atomic E-state index is 0.499. The van der Waals surface area contributed by atoms with Gasteiger partial charge in [0.25, 0.3) is 0 Å². The Bertz CT molecular complexity index is 464. The number of furan rings is 1. The number of nitriles is 1. The molecule has 0 atom stereocenters. The molecule has 0 bridgehead atoms. The second-order valence-corrected chi connectivity index (χ2v) is 5.50. The zero-order chi connectivity index (χ0) is 14.8. The van der Waals surface area contributed by atoms with Crippen molar-refractivity contribution < 1.29 is 4.42 Å². The first-order valence-electron chi connectivity index (χ1n) is 6.31. The number of aliphatic imine (C=N–C) groups is 1. The van der Waals surface area contributed by atoms with Gasteiger partial charge in [-0.25, -0.2) is 0 Å². The van der Waals surface area contributed by atoms with Gasteiger partial charge in [-0.1, -0.05) is 0 Å². The summed E-state index contributed by atoms with van der Waals surface area (Å²) in [4.78, 5) is 5.98. The largest absolute Gasteiger partial charge is 0.464 e. The standard InChI is InChI=1S/C13H21N5OS/c1-15-13(17-10-14)16-6-7-20-9-12-5-4-11(19-12)8-18(2)3/h4-5H,6-9H2,1-3H3,(H2,15,16,17). The molecule has 6 nitrogen and oxygen atoms in total. The predicted octanol–water partition coefficient (Wildman–Crippen LogP) is 1.22. The van der Waals surface area contributed by atoms with E-state index < -0.39 is 0 Å². The third kappa shape index (κ3) is 6.50. The highest BCUT2D eigenvalue weighted by Gasteiger charge is 2.03. The molecule has 0 radical (unpaired) electrons. The lowest BCUT2D eigenvalue weighted by Gasteiger charge is -2.06. The maximum atomic E-state index is 8.48. The van der Waals surface area contributed by atoms with E-state index in [0.29, 0.717) is 5.96 Å². The highest BCUT2D eigenvalue weighted by Crippen LogP contribution is 2.15. The Kier molecular flexibility index (Phi) is 7.62. The number of nitrogens with zero attached hydrogens (tertiary/aromatic N) is 3. The molecule has 0 spiro atoms. The predicted molar refractivity (Wildman–Crippen MR) is 82.4 cm³/mol. The first-order chi connectivity index (χ1) is 9.65. The lowest BCUT2D eigenvalue weighted by Crippen LogP contribution is -2.35. The SMILES string of the molecule is CN=C(NC#N)NCCSCc1ccc(CN(C)C)o1. The van der Waals surface area contributed by atoms with Crippen LogP contribution in [0.5, 0.6) is 0 Å². The topological polar surface area (TPSA) is 76.6 Å². The van der Waals surface area contributed by atoms with E-state index >= 15 is 0 Å². The van der Waals surface area contributed by atoms with Gasteiger partial charge < -0.3 is 14.6 Å². The Morgan fingerprint density at radius 3 is 2.85 bits per heavy atom. The molecule has 0 aliphatic rings. The number of thioether (sulfide) groups is 1. The molecule has 0 saturated carbocycles. The second kappa shape index (κ2) is 9.28. The molecule has 2 N–H and O–H groups in total. The van der Waals surface area contributed by atoms with E-state index in [1.165, 1.54) is 0 Å². The average molecular weight is 295 g/mol. The van der Waals surface area contributed by atoms with Crippen LogP contribution in [0.15, 0.2) is 21.5 Å². The van der Waals surface area contributed by atoms with Crippen molar-refractivity contribution in [3.05, 3.63) is 23.7 Å². The summed E-state index contributed by atoms with van der Waals surface area (Å²) in [5.41, 5.74) is 0. The van der Waals surface area contributed by atoms with Crippen molar-refractivity contribution >= 4 is 17.7 Å². The highest BCUT2D eigenvalue weighted by atomic mass is 32.2. The van der Waals surface area contributed by atoms with Crippen LogP contribution in [-0.4, -0.2) is 44.3 Å². The van der Waals surface area contributed by atoms with Crippen LogP contribution >= 0.6 is 11.8 Å². The van der Waals surface area contributed by atoms with Gasteiger partial charge in [-0.3, -0.25) is 10.3 Å². The van der Waals surface area contributed by atoms with E-state index in [1.807, 2.05) is 32.4 Å². The van der Waals surface area contributed by atoms with E-state index in [0.717, 1.165) is 36.1 Å². The van der Waals surface area contributed by atoms with Crippen LogP contribution in [0.25, 0.3) is 0 Å². The summed E-state index contributed by atoms with van der Waals surface area (Å²) in [5, 5.41) is 14.0. The lowest BCUT2D eigenvalue weighted by molar-refractivity contribution is 0.344. The molecule has 1 aromatic rings. The minimum absolute atomic E-state index is 0.499. The fourth-order valence-corrected chi connectivity index (χ4v) is 2.29. The maximum absolute atomic E-state index is 8.48. The fourth-order valence-electron chi connectivity index (χ4n) is 1.54. The van der Waals surface area contributed by atoms with Crippen LogP contribution in [0.3, 0.4) is 0 Å². The molecule has 0 aliphatic heterocycles. The lowest BCUT2D eigenvalue weighted by atomic mass is 10.4. The second-order valence-electron chi connectivity index (χ2n) is 4.39. The molecule has 1 rings (SSSR count). The molecule has 0 fully saturated rings. The van der Waals surface area contributed by atoms with Crippen LogP contribution in [-0.2, 0) is 12.3 Å². The van der Waals surface area contributed by atoms with Gasteiger partial charge in [0, 0.05) is 19.3 Å². The summed E-state index contributed by atoms with van der Waals surface area (Å²) in [5.74, 6) is 4.24. The van der Waals surface area contributed by atoms with Crippen LogP contribution in [0.1, 0.15) is 11.5 Å². The maximum Gasteiger partial charge on any atom is 0.204 e. The molecular weight excluding hydrogens is 274 g/mol. The van der Waals surface area contributed by atoms with Crippen LogP contribution in [0, 0.1) is 11.5 Å². The van der Waals surface area contributed by atoms with Crippen molar-refractivity contribution in [2.75, 3.05) is 33.4 Å². The summed E-state index contributed by atoms with van der Waals surface area (Å²) in [6.45, 7) is 1.57. The fraction of sp³-hybridized carbons (Fsp3) is 0.538. The van der Waals surface area contributed by atoms with Crippen molar-refractivity contribution in [1.82, 2.24) is 15.5 Å². The van der Waals surface area contributed by atoms with Crippen molar-refractivity contribution in [2.24, 2.45) is 4.99 Å². The summed E-state index contributed by atoms with van der Waals surface area (Å²) in [6, 6.07) is 4.04. The number of rotatable bonds is 7. The molecule has 20 heavy (non-hydrogen) atoms. The Balaban J connectivity index is 2.18. The Labute approximate surface area is 124 Å². The molecule has 0 amide bonds. The third-order valence-electron chi connectivity index (χ3n) is 2.37. The summed E-state index contributed by atoms with van der Waals surface area (Å²) < 4.78 is 5.72. The van der Waals surface area contributed by atoms with Crippen LogP contribution < -0.4 is 10.6 Å². The Morgan fingerprint density at radius 1 is 1.45 bits per heavy atom. The molecule has 0 unspecified atom stereocenters. The normalized spacial score (nSPS) is 11.4. The zero-order valence-electron chi connectivity index (χ0n) is 12.1. The quantitative estimate of drug-likeness (QED) is 0.259. The van der Waals surface area contributed by atoms with E-state index in [-0.39, 0.29) is 0 Å². The van der Waals surface area contributed by atoms with E-state index in [4.69, 9.17) is 9.68 Å². The molecular formula is C13H21N5OS. The average Bonchev–Trinajstić information content (AvgIpc) is 2.83. The minimum Gasteiger partial charge on any atom is -0.464 e. The molecule has 0 aromatic carbocycles. The number of nitrogens with one attached hydrogen (secondary N) is 2. The first-order valence-corrected chi connectivity index (χ1v) is 7.47. The van der Waals surface area contributed by atoms with E-state index in [1.54, 1.807) is 18.8 Å². The van der Waals surface area contributed by atoms with Crippen molar-refractivity contribution in [3.8, 4) is 6.19 Å². The molecule has 0 aliphatic carbocycles. The van der Waals surface area contributed by atoms with Gasteiger partial charge in [-0.05, 0) is 26.2 Å². The van der Waals surface area contributed by atoms with E-state index in [2.05, 4.69) is 20.5 Å². The highest BCUT2D eigenvalue weighted by molar-refractivity contribution is 7.98. The number of hydrogen-bond donors (Lipinski definition) is 2. The monoisotopic (exact) mass is 295 g/mol. The van der Waals surface area contributed by atoms with Gasteiger partial charge in [0.15, 0.2) is 6.19 Å². The number of guanidine groups is 1. The van der Waals surface area contributed by atoms with Gasteiger partial charge in [-0.2, -0.15) is 17.0 Å². The van der Waals surface area contributed by atoms with E-state index in [9.17, 15) is 0 Å². The van der Waals surface area contributed by atoms with Gasteiger partial charge in [0.05, 0.1) is 12.3 Å². The van der Waals surface area contributed by atoms with Gasteiger partial charge in [-0.15, -0.1) is 0 Å². The molecule has 1 heterocycles. The van der Waals surface area contributed by atoms with Gasteiger partial charge in [0.1, 0.15) is 11.5 Å². The molecule has 0 saturated heterocycles.